The van der Waals surface area contributed by atoms with Gasteiger partial charge in [0.25, 0.3) is 0 Å². The number of hydrogen-bond acceptors (Lipinski definition) is 4. The lowest BCUT2D eigenvalue weighted by atomic mass is 10.2. The van der Waals surface area contributed by atoms with E-state index in [0.717, 1.165) is 0 Å². The summed E-state index contributed by atoms with van der Waals surface area (Å²) < 4.78 is 10.8. The highest BCUT2D eigenvalue weighted by molar-refractivity contribution is 5.91. The lowest BCUT2D eigenvalue weighted by Crippen LogP contribution is -2.17. The van der Waals surface area contributed by atoms with Gasteiger partial charge in [0, 0.05) is 18.7 Å². The van der Waals surface area contributed by atoms with Gasteiger partial charge in [-0.2, -0.15) is 0 Å². The molecule has 100 valence electrons. The second kappa shape index (κ2) is 6.86. The Balaban J connectivity index is 2.70. The number of carbonyl (C=O) groups excluding carboxylic acids is 1. The molecule has 3 N–H and O–H groups in total. The predicted octanol–water partition coefficient (Wildman–Crippen LogP) is 2.38. The largest absolute Gasteiger partial charge is 0.463 e. The maximum Gasteiger partial charge on any atom is 0.224 e. The number of carbonyl (C=O) groups is 1. The first kappa shape index (κ1) is 14.3. The summed E-state index contributed by atoms with van der Waals surface area (Å²) in [6.07, 6.45) is 0.0767. The van der Waals surface area contributed by atoms with E-state index in [2.05, 4.69) is 5.32 Å². The van der Waals surface area contributed by atoms with Gasteiger partial charge in [-0.15, -0.1) is 0 Å². The van der Waals surface area contributed by atoms with Crippen molar-refractivity contribution in [1.29, 1.82) is 0 Å². The Morgan fingerprint density at radius 2 is 2.17 bits per heavy atom. The smallest absolute Gasteiger partial charge is 0.224 e. The fourth-order valence-electron chi connectivity index (χ4n) is 1.43. The molecule has 0 saturated heterocycles. The molecular weight excluding hydrogens is 232 g/mol. The van der Waals surface area contributed by atoms with Crippen molar-refractivity contribution in [2.45, 2.75) is 33.5 Å². The number of nitrogens with one attached hydrogen (secondary N) is 1. The molecule has 1 unspecified atom stereocenters. The zero-order chi connectivity index (χ0) is 13.5. The number of ether oxygens (including phenoxy) is 2. The first-order valence-electron chi connectivity index (χ1n) is 6.04. The summed E-state index contributed by atoms with van der Waals surface area (Å²) in [7, 11) is 0. The average molecular weight is 252 g/mol. The van der Waals surface area contributed by atoms with Crippen LogP contribution in [0.1, 0.15) is 27.2 Å². The van der Waals surface area contributed by atoms with E-state index in [9.17, 15) is 4.79 Å². The van der Waals surface area contributed by atoms with Crippen LogP contribution in [0.2, 0.25) is 0 Å². The number of rotatable bonds is 6. The minimum atomic E-state index is -0.353. The lowest BCUT2D eigenvalue weighted by molar-refractivity contribution is -0.115. The fraction of sp³-hybridized carbons (Fsp3) is 0.462. The Morgan fingerprint density at radius 1 is 1.44 bits per heavy atom. The minimum absolute atomic E-state index is 0.0502. The average Bonchev–Trinajstić information content (AvgIpc) is 2.33. The topological polar surface area (TPSA) is 73.6 Å². The molecule has 1 rings (SSSR count). The monoisotopic (exact) mass is 252 g/mol. The van der Waals surface area contributed by atoms with Crippen LogP contribution < -0.4 is 15.8 Å². The molecule has 0 aromatic heterocycles. The van der Waals surface area contributed by atoms with Crippen LogP contribution in [0.15, 0.2) is 18.2 Å². The zero-order valence-corrected chi connectivity index (χ0v) is 11.0. The van der Waals surface area contributed by atoms with Crippen molar-refractivity contribution in [2.24, 2.45) is 0 Å². The first-order chi connectivity index (χ1) is 8.56. The van der Waals surface area contributed by atoms with Gasteiger partial charge >= 0.3 is 0 Å². The van der Waals surface area contributed by atoms with Crippen molar-refractivity contribution in [3.63, 3.8) is 0 Å². The third-order valence-electron chi connectivity index (χ3n) is 2.31. The van der Waals surface area contributed by atoms with Crippen LogP contribution in [0.5, 0.6) is 5.75 Å². The van der Waals surface area contributed by atoms with E-state index >= 15 is 0 Å². The summed E-state index contributed by atoms with van der Waals surface area (Å²) >= 11 is 0. The molecule has 0 saturated carbocycles. The molecule has 0 heterocycles. The van der Waals surface area contributed by atoms with Gasteiger partial charge in [-0.1, -0.05) is 6.92 Å². The molecule has 0 aliphatic rings. The van der Waals surface area contributed by atoms with Crippen LogP contribution in [-0.4, -0.2) is 18.8 Å². The van der Waals surface area contributed by atoms with E-state index in [1.165, 1.54) is 0 Å². The van der Waals surface area contributed by atoms with Gasteiger partial charge in [-0.3, -0.25) is 4.79 Å². The van der Waals surface area contributed by atoms with Crippen molar-refractivity contribution >= 4 is 17.3 Å². The van der Waals surface area contributed by atoms with Crippen molar-refractivity contribution in [3.8, 4) is 5.75 Å². The number of nitrogens with two attached hydrogens (primary N) is 1. The lowest BCUT2D eigenvalue weighted by Gasteiger charge is -2.16. The highest BCUT2D eigenvalue weighted by Crippen LogP contribution is 2.26. The fourth-order valence-corrected chi connectivity index (χ4v) is 1.43. The van der Waals surface area contributed by atoms with E-state index in [4.69, 9.17) is 15.2 Å². The van der Waals surface area contributed by atoms with E-state index in [1.807, 2.05) is 6.92 Å². The molecule has 0 bridgehead atoms. The van der Waals surface area contributed by atoms with Crippen LogP contribution in [0.3, 0.4) is 0 Å². The second-order valence-electron chi connectivity index (χ2n) is 3.80. The van der Waals surface area contributed by atoms with Crippen LogP contribution >= 0.6 is 0 Å². The molecule has 0 radical (unpaired) electrons. The number of hydrogen-bond donors (Lipinski definition) is 2. The molecule has 1 aromatic rings. The normalized spacial score (nSPS) is 11.9. The molecule has 5 heteroatoms. The van der Waals surface area contributed by atoms with Crippen molar-refractivity contribution in [1.82, 2.24) is 0 Å². The summed E-state index contributed by atoms with van der Waals surface area (Å²) in [4.78, 5) is 11.2. The van der Waals surface area contributed by atoms with Gasteiger partial charge in [-0.05, 0) is 32.0 Å². The van der Waals surface area contributed by atoms with Crippen molar-refractivity contribution in [3.05, 3.63) is 18.2 Å². The third kappa shape index (κ3) is 4.25. The molecular formula is C13H20N2O3. The van der Waals surface area contributed by atoms with Gasteiger partial charge in [0.15, 0.2) is 6.29 Å². The molecule has 0 aliphatic carbocycles. The number of nitrogen functional groups attached to an aromatic ring is 1. The zero-order valence-electron chi connectivity index (χ0n) is 11.0. The molecule has 1 aromatic carbocycles. The van der Waals surface area contributed by atoms with Gasteiger partial charge < -0.3 is 20.5 Å². The van der Waals surface area contributed by atoms with Gasteiger partial charge in [0.2, 0.25) is 5.91 Å². The molecule has 1 atom stereocenters. The highest BCUT2D eigenvalue weighted by Gasteiger charge is 2.08. The molecule has 18 heavy (non-hydrogen) atoms. The SMILES string of the molecule is CCOC(C)Oc1ccc(NC(=O)CC)cc1N. The number of benzene rings is 1. The Morgan fingerprint density at radius 3 is 2.72 bits per heavy atom. The van der Waals surface area contributed by atoms with Crippen molar-refractivity contribution < 1.29 is 14.3 Å². The second-order valence-corrected chi connectivity index (χ2v) is 3.80. The van der Waals surface area contributed by atoms with Crippen molar-refractivity contribution in [2.75, 3.05) is 17.7 Å². The van der Waals surface area contributed by atoms with Gasteiger partial charge in [-0.25, -0.2) is 0 Å². The predicted molar refractivity (Wildman–Crippen MR) is 71.5 cm³/mol. The highest BCUT2D eigenvalue weighted by atomic mass is 16.7. The first-order valence-corrected chi connectivity index (χ1v) is 6.04. The third-order valence-corrected chi connectivity index (χ3v) is 2.31. The Hall–Kier alpha value is -1.75. The molecule has 0 fully saturated rings. The summed E-state index contributed by atoms with van der Waals surface area (Å²) in [5.41, 5.74) is 6.98. The minimum Gasteiger partial charge on any atom is -0.463 e. The van der Waals surface area contributed by atoms with E-state index in [0.29, 0.717) is 30.2 Å². The summed E-state index contributed by atoms with van der Waals surface area (Å²) in [5, 5.41) is 2.73. The Labute approximate surface area is 107 Å². The van der Waals surface area contributed by atoms with E-state index < -0.39 is 0 Å². The van der Waals surface area contributed by atoms with Gasteiger partial charge in [0.1, 0.15) is 5.75 Å². The molecule has 5 nitrogen and oxygen atoms in total. The Bertz CT molecular complexity index is 407. The molecule has 0 aliphatic heterocycles. The number of anilines is 2. The van der Waals surface area contributed by atoms with Crippen LogP contribution in [0, 0.1) is 0 Å². The summed E-state index contributed by atoms with van der Waals surface area (Å²) in [5.74, 6) is 0.496. The standard InChI is InChI=1S/C13H20N2O3/c1-4-13(16)15-10-6-7-12(11(14)8-10)18-9(3)17-5-2/h6-9H,4-5,14H2,1-3H3,(H,15,16). The summed E-state index contributed by atoms with van der Waals surface area (Å²) in [6, 6.07) is 5.13. The van der Waals surface area contributed by atoms with Gasteiger partial charge in [0.05, 0.1) is 5.69 Å². The Kier molecular flexibility index (Phi) is 5.45. The quantitative estimate of drug-likeness (QED) is 0.602. The van der Waals surface area contributed by atoms with E-state index in [-0.39, 0.29) is 12.2 Å². The molecule has 1 amide bonds. The van der Waals surface area contributed by atoms with Crippen LogP contribution in [0.4, 0.5) is 11.4 Å². The van der Waals surface area contributed by atoms with E-state index in [1.54, 1.807) is 32.0 Å². The molecule has 0 spiro atoms. The maximum atomic E-state index is 11.2. The summed E-state index contributed by atoms with van der Waals surface area (Å²) in [6.45, 7) is 6.06. The van der Waals surface area contributed by atoms with Crippen LogP contribution in [-0.2, 0) is 9.53 Å². The van der Waals surface area contributed by atoms with Crippen LogP contribution in [0.25, 0.3) is 0 Å². The number of amides is 1. The maximum absolute atomic E-state index is 11.2.